The van der Waals surface area contributed by atoms with Crippen molar-refractivity contribution in [2.24, 2.45) is 0 Å². The van der Waals surface area contributed by atoms with Gasteiger partial charge in [-0.25, -0.2) is 0 Å². The molecule has 1 saturated heterocycles. The molecule has 3 heteroatoms. The van der Waals surface area contributed by atoms with Gasteiger partial charge in [0.2, 0.25) is 5.91 Å². The minimum Gasteiger partial charge on any atom is -0.388 e. The Morgan fingerprint density at radius 3 is 2.95 bits per heavy atom. The van der Waals surface area contributed by atoms with Crippen molar-refractivity contribution >= 4 is 5.91 Å². The summed E-state index contributed by atoms with van der Waals surface area (Å²) < 4.78 is 0. The first-order valence-corrected chi connectivity index (χ1v) is 7.66. The summed E-state index contributed by atoms with van der Waals surface area (Å²) in [6, 6.07) is 8.31. The first-order valence-electron chi connectivity index (χ1n) is 7.66. The van der Waals surface area contributed by atoms with Gasteiger partial charge in [-0.1, -0.05) is 24.3 Å². The number of hydrogen-bond donors (Lipinski definition) is 1. The molecule has 1 aliphatic carbocycles. The van der Waals surface area contributed by atoms with Gasteiger partial charge in [0.15, 0.2) is 0 Å². The van der Waals surface area contributed by atoms with Crippen LogP contribution in [-0.2, 0) is 11.2 Å². The lowest BCUT2D eigenvalue weighted by Crippen LogP contribution is -2.50. The molecule has 0 radical (unpaired) electrons. The zero-order valence-corrected chi connectivity index (χ0v) is 12.1. The molecule has 1 fully saturated rings. The summed E-state index contributed by atoms with van der Waals surface area (Å²) in [7, 11) is 0. The van der Waals surface area contributed by atoms with Crippen LogP contribution < -0.4 is 0 Å². The number of aliphatic hydroxyl groups is 1. The van der Waals surface area contributed by atoms with E-state index in [9.17, 15) is 9.90 Å². The summed E-state index contributed by atoms with van der Waals surface area (Å²) in [4.78, 5) is 14.7. The van der Waals surface area contributed by atoms with Gasteiger partial charge in [0, 0.05) is 13.1 Å². The van der Waals surface area contributed by atoms with Crippen molar-refractivity contribution in [3.8, 4) is 0 Å². The highest BCUT2D eigenvalue weighted by Gasteiger charge is 2.35. The lowest BCUT2D eigenvalue weighted by molar-refractivity contribution is -0.139. The fraction of sp³-hybridized carbons (Fsp3) is 0.588. The second-order valence-corrected chi connectivity index (χ2v) is 6.50. The monoisotopic (exact) mass is 273 g/mol. The van der Waals surface area contributed by atoms with Gasteiger partial charge in [0.1, 0.15) is 0 Å². The van der Waals surface area contributed by atoms with E-state index in [-0.39, 0.29) is 11.8 Å². The molecule has 1 aromatic carbocycles. The molecule has 1 heterocycles. The third-order valence-electron chi connectivity index (χ3n) is 4.65. The van der Waals surface area contributed by atoms with Gasteiger partial charge in [-0.3, -0.25) is 4.79 Å². The topological polar surface area (TPSA) is 40.5 Å². The standard InChI is InChI=1S/C17H23NO2/c1-17(20)10-5-11-18(12-17)16(19)15-9-4-7-13-6-2-3-8-14(13)15/h2-3,6,8,15,20H,4-5,7,9-12H2,1H3. The van der Waals surface area contributed by atoms with E-state index in [4.69, 9.17) is 0 Å². The molecule has 1 amide bonds. The molecule has 2 atom stereocenters. The molecule has 0 spiro atoms. The minimum absolute atomic E-state index is 0.00569. The van der Waals surface area contributed by atoms with E-state index in [1.54, 1.807) is 0 Å². The van der Waals surface area contributed by atoms with Crippen LogP contribution in [0.3, 0.4) is 0 Å². The number of β-amino-alcohol motifs (C(OH)–C–C–N with tert-alkyl or cyclic N) is 1. The first-order chi connectivity index (χ1) is 9.57. The third-order valence-corrected chi connectivity index (χ3v) is 4.65. The van der Waals surface area contributed by atoms with Crippen LogP contribution in [0.15, 0.2) is 24.3 Å². The Bertz CT molecular complexity index is 509. The molecular formula is C17H23NO2. The molecule has 1 aliphatic heterocycles. The number of hydrogen-bond acceptors (Lipinski definition) is 2. The Balaban J connectivity index is 1.81. The number of fused-ring (bicyclic) bond motifs is 1. The number of carbonyl (C=O) groups is 1. The summed E-state index contributed by atoms with van der Waals surface area (Å²) in [6.07, 6.45) is 4.79. The van der Waals surface area contributed by atoms with Gasteiger partial charge >= 0.3 is 0 Å². The van der Waals surface area contributed by atoms with Gasteiger partial charge in [0.25, 0.3) is 0 Å². The van der Waals surface area contributed by atoms with Crippen molar-refractivity contribution in [1.82, 2.24) is 4.90 Å². The van der Waals surface area contributed by atoms with Crippen LogP contribution in [0, 0.1) is 0 Å². The number of benzene rings is 1. The molecule has 3 nitrogen and oxygen atoms in total. The van der Waals surface area contributed by atoms with Crippen LogP contribution in [0.5, 0.6) is 0 Å². The summed E-state index contributed by atoms with van der Waals surface area (Å²) in [5.74, 6) is 0.200. The maximum atomic E-state index is 12.8. The van der Waals surface area contributed by atoms with E-state index < -0.39 is 5.60 Å². The van der Waals surface area contributed by atoms with Gasteiger partial charge in [-0.05, 0) is 50.2 Å². The molecule has 2 unspecified atom stereocenters. The number of aryl methyl sites for hydroxylation is 1. The number of rotatable bonds is 1. The van der Waals surface area contributed by atoms with Crippen molar-refractivity contribution < 1.29 is 9.90 Å². The molecule has 3 rings (SSSR count). The Hall–Kier alpha value is -1.35. The SMILES string of the molecule is CC1(O)CCCN(C(=O)C2CCCc3ccccc32)C1. The van der Waals surface area contributed by atoms with Crippen molar-refractivity contribution in [3.63, 3.8) is 0 Å². The van der Waals surface area contributed by atoms with Crippen molar-refractivity contribution in [2.45, 2.75) is 50.5 Å². The molecule has 1 N–H and O–H groups in total. The van der Waals surface area contributed by atoms with Crippen molar-refractivity contribution in [3.05, 3.63) is 35.4 Å². The number of likely N-dealkylation sites (tertiary alicyclic amines) is 1. The average molecular weight is 273 g/mol. The summed E-state index contributed by atoms with van der Waals surface area (Å²) >= 11 is 0. The maximum absolute atomic E-state index is 12.8. The van der Waals surface area contributed by atoms with Crippen LogP contribution in [0.25, 0.3) is 0 Å². The molecule has 0 saturated carbocycles. The van der Waals surface area contributed by atoms with Gasteiger partial charge in [-0.2, -0.15) is 0 Å². The Morgan fingerprint density at radius 2 is 2.15 bits per heavy atom. The van der Waals surface area contributed by atoms with Gasteiger partial charge in [-0.15, -0.1) is 0 Å². The molecule has 20 heavy (non-hydrogen) atoms. The minimum atomic E-state index is -0.720. The van der Waals surface area contributed by atoms with Crippen molar-refractivity contribution in [2.75, 3.05) is 13.1 Å². The predicted octanol–water partition coefficient (Wildman–Crippen LogP) is 2.48. The summed E-state index contributed by atoms with van der Waals surface area (Å²) in [6.45, 7) is 3.10. The molecule has 0 aromatic heterocycles. The predicted molar refractivity (Wildman–Crippen MR) is 78.6 cm³/mol. The second-order valence-electron chi connectivity index (χ2n) is 6.50. The molecule has 1 aromatic rings. The first kappa shape index (κ1) is 13.6. The normalized spacial score (nSPS) is 29.9. The highest BCUT2D eigenvalue weighted by Crippen LogP contribution is 2.34. The number of carbonyl (C=O) groups excluding carboxylic acids is 1. The van der Waals surface area contributed by atoms with Crippen LogP contribution in [0.1, 0.15) is 49.7 Å². The Kier molecular flexibility index (Phi) is 3.55. The van der Waals surface area contributed by atoms with E-state index in [0.717, 1.165) is 38.6 Å². The van der Waals surface area contributed by atoms with Gasteiger partial charge < -0.3 is 10.0 Å². The Morgan fingerprint density at radius 1 is 1.35 bits per heavy atom. The highest BCUT2D eigenvalue weighted by molar-refractivity contribution is 5.84. The Labute approximate surface area is 120 Å². The zero-order chi connectivity index (χ0) is 14.2. The van der Waals surface area contributed by atoms with E-state index in [1.165, 1.54) is 11.1 Å². The number of amides is 1. The van der Waals surface area contributed by atoms with E-state index in [0.29, 0.717) is 6.54 Å². The van der Waals surface area contributed by atoms with Crippen LogP contribution in [0.4, 0.5) is 0 Å². The quantitative estimate of drug-likeness (QED) is 0.854. The lowest BCUT2D eigenvalue weighted by Gasteiger charge is -2.39. The maximum Gasteiger partial charge on any atom is 0.230 e. The lowest BCUT2D eigenvalue weighted by atomic mass is 9.81. The average Bonchev–Trinajstić information content (AvgIpc) is 2.45. The highest BCUT2D eigenvalue weighted by atomic mass is 16.3. The van der Waals surface area contributed by atoms with Crippen molar-refractivity contribution in [1.29, 1.82) is 0 Å². The zero-order valence-electron chi connectivity index (χ0n) is 12.1. The summed E-state index contributed by atoms with van der Waals surface area (Å²) in [5, 5.41) is 10.2. The molecule has 2 aliphatic rings. The van der Waals surface area contributed by atoms with Gasteiger partial charge in [0.05, 0.1) is 11.5 Å². The van der Waals surface area contributed by atoms with E-state index in [1.807, 2.05) is 17.9 Å². The van der Waals surface area contributed by atoms with E-state index >= 15 is 0 Å². The summed E-state index contributed by atoms with van der Waals surface area (Å²) in [5.41, 5.74) is 1.80. The molecule has 0 bridgehead atoms. The fourth-order valence-electron chi connectivity index (χ4n) is 3.64. The third kappa shape index (κ3) is 2.59. The number of piperidine rings is 1. The smallest absolute Gasteiger partial charge is 0.230 e. The number of nitrogens with zero attached hydrogens (tertiary/aromatic N) is 1. The fourth-order valence-corrected chi connectivity index (χ4v) is 3.64. The van der Waals surface area contributed by atoms with Crippen LogP contribution >= 0.6 is 0 Å². The second kappa shape index (κ2) is 5.21. The van der Waals surface area contributed by atoms with Crippen LogP contribution in [0.2, 0.25) is 0 Å². The van der Waals surface area contributed by atoms with Crippen LogP contribution in [-0.4, -0.2) is 34.6 Å². The van der Waals surface area contributed by atoms with E-state index in [2.05, 4.69) is 18.2 Å². The molecule has 108 valence electrons. The molecular weight excluding hydrogens is 250 g/mol. The largest absolute Gasteiger partial charge is 0.388 e.